The Morgan fingerprint density at radius 2 is 1.79 bits per heavy atom. The number of aliphatic carboxylic acids is 1. The van der Waals surface area contributed by atoms with Gasteiger partial charge in [0.25, 0.3) is 0 Å². The van der Waals surface area contributed by atoms with Gasteiger partial charge < -0.3 is 10.4 Å². The molecule has 0 saturated heterocycles. The second-order valence-electron chi connectivity index (χ2n) is 5.78. The number of nitrogens with two attached hydrogens (primary N) is 1. The minimum Gasteiger partial charge on any atom is -0.481 e. The minimum atomic E-state index is -4.86. The zero-order valence-electron chi connectivity index (χ0n) is 12.5. The van der Waals surface area contributed by atoms with E-state index in [0.29, 0.717) is 31.7 Å². The molecule has 2 rings (SSSR count). The Labute approximate surface area is 136 Å². The second-order valence-corrected chi connectivity index (χ2v) is 7.31. The Morgan fingerprint density at radius 1 is 1.21 bits per heavy atom. The number of carboxylic acids is 1. The Morgan fingerprint density at radius 3 is 2.25 bits per heavy atom. The van der Waals surface area contributed by atoms with E-state index in [0.717, 1.165) is 6.07 Å². The summed E-state index contributed by atoms with van der Waals surface area (Å²) in [5.74, 6) is -1.30. The molecule has 0 aliphatic heterocycles. The Hall–Kier alpha value is -1.81. The lowest BCUT2D eigenvalue weighted by atomic mass is 9.86. The molecule has 0 aromatic heterocycles. The van der Waals surface area contributed by atoms with Crippen molar-refractivity contribution >= 4 is 21.7 Å². The van der Waals surface area contributed by atoms with Crippen LogP contribution in [0.5, 0.6) is 0 Å². The van der Waals surface area contributed by atoms with E-state index in [1.807, 2.05) is 0 Å². The van der Waals surface area contributed by atoms with Gasteiger partial charge in [0.05, 0.1) is 16.4 Å². The van der Waals surface area contributed by atoms with Gasteiger partial charge in [-0.3, -0.25) is 4.79 Å². The molecule has 1 aromatic carbocycles. The number of primary sulfonamides is 1. The molecule has 0 atom stereocenters. The van der Waals surface area contributed by atoms with Gasteiger partial charge in [0.1, 0.15) is 0 Å². The Kier molecular flexibility index (Phi) is 5.09. The smallest absolute Gasteiger partial charge is 0.417 e. The number of sulfonamides is 1. The van der Waals surface area contributed by atoms with E-state index in [1.165, 1.54) is 6.07 Å². The third-order valence-corrected chi connectivity index (χ3v) is 5.01. The van der Waals surface area contributed by atoms with Crippen molar-refractivity contribution in [2.75, 3.05) is 5.32 Å². The first-order valence-electron chi connectivity index (χ1n) is 7.22. The predicted octanol–water partition coefficient (Wildman–Crippen LogP) is 2.41. The summed E-state index contributed by atoms with van der Waals surface area (Å²) in [6.07, 6.45) is -2.96. The maximum absolute atomic E-state index is 13.1. The molecule has 4 N–H and O–H groups in total. The van der Waals surface area contributed by atoms with Gasteiger partial charge in [0, 0.05) is 11.7 Å². The molecule has 134 valence electrons. The zero-order valence-corrected chi connectivity index (χ0v) is 13.3. The summed E-state index contributed by atoms with van der Waals surface area (Å²) < 4.78 is 61.8. The molecule has 1 aliphatic carbocycles. The van der Waals surface area contributed by atoms with Crippen molar-refractivity contribution in [2.45, 2.75) is 42.8 Å². The van der Waals surface area contributed by atoms with Crippen LogP contribution >= 0.6 is 0 Å². The third-order valence-electron chi connectivity index (χ3n) is 4.04. The van der Waals surface area contributed by atoms with Crippen LogP contribution in [0, 0.1) is 5.92 Å². The summed E-state index contributed by atoms with van der Waals surface area (Å²) in [6.45, 7) is 0. The molecule has 0 radical (unpaired) electrons. The molecular formula is C14H17F3N2O4S. The van der Waals surface area contributed by atoms with Gasteiger partial charge in [-0.2, -0.15) is 13.2 Å². The topological polar surface area (TPSA) is 109 Å². The molecule has 0 spiro atoms. The van der Waals surface area contributed by atoms with Crippen LogP contribution in [0.4, 0.5) is 18.9 Å². The molecule has 0 unspecified atom stereocenters. The minimum absolute atomic E-state index is 0.119. The number of halogens is 3. The molecule has 1 aliphatic rings. The maximum Gasteiger partial charge on any atom is 0.417 e. The van der Waals surface area contributed by atoms with Crippen molar-refractivity contribution in [3.05, 3.63) is 23.8 Å². The number of benzene rings is 1. The molecule has 0 bridgehead atoms. The summed E-state index contributed by atoms with van der Waals surface area (Å²) in [5, 5.41) is 16.7. The standard InChI is InChI=1S/C14H17F3N2O4S/c15-14(16,17)11-7-10(5-6-12(11)24(18,22)23)19-9-3-1-8(2-4-9)13(20)21/h5-9,19H,1-4H2,(H,20,21)(H2,18,22,23). The average Bonchev–Trinajstić information content (AvgIpc) is 2.45. The summed E-state index contributed by atoms with van der Waals surface area (Å²) >= 11 is 0. The highest BCUT2D eigenvalue weighted by molar-refractivity contribution is 7.89. The number of hydrogen-bond acceptors (Lipinski definition) is 4. The first-order chi connectivity index (χ1) is 11.0. The number of anilines is 1. The molecular weight excluding hydrogens is 349 g/mol. The lowest BCUT2D eigenvalue weighted by molar-refractivity contribution is -0.143. The molecule has 24 heavy (non-hydrogen) atoms. The molecule has 0 amide bonds. The van der Waals surface area contributed by atoms with Gasteiger partial charge >= 0.3 is 12.1 Å². The van der Waals surface area contributed by atoms with Gasteiger partial charge in [-0.25, -0.2) is 13.6 Å². The van der Waals surface area contributed by atoms with E-state index in [1.54, 1.807) is 0 Å². The largest absolute Gasteiger partial charge is 0.481 e. The van der Waals surface area contributed by atoms with Gasteiger partial charge in [0.15, 0.2) is 0 Å². The first-order valence-corrected chi connectivity index (χ1v) is 8.76. The maximum atomic E-state index is 13.1. The average molecular weight is 366 g/mol. The van der Waals surface area contributed by atoms with Gasteiger partial charge in [-0.1, -0.05) is 0 Å². The number of carboxylic acid groups (broad SMARTS) is 1. The van der Waals surface area contributed by atoms with E-state index >= 15 is 0 Å². The van der Waals surface area contributed by atoms with Gasteiger partial charge in [0.2, 0.25) is 10.0 Å². The van der Waals surface area contributed by atoms with Crippen LogP contribution in [0.15, 0.2) is 23.1 Å². The highest BCUT2D eigenvalue weighted by Gasteiger charge is 2.37. The van der Waals surface area contributed by atoms with E-state index in [2.05, 4.69) is 5.32 Å². The lowest BCUT2D eigenvalue weighted by Gasteiger charge is -2.28. The SMILES string of the molecule is NS(=O)(=O)c1ccc(NC2CCC(C(=O)O)CC2)cc1C(F)(F)F. The quantitative estimate of drug-likeness (QED) is 0.758. The van der Waals surface area contributed by atoms with Crippen molar-refractivity contribution in [1.82, 2.24) is 0 Å². The van der Waals surface area contributed by atoms with Crippen molar-refractivity contribution in [3.8, 4) is 0 Å². The van der Waals surface area contributed by atoms with E-state index < -0.39 is 38.5 Å². The van der Waals surface area contributed by atoms with Crippen molar-refractivity contribution in [1.29, 1.82) is 0 Å². The first kappa shape index (κ1) is 18.5. The summed E-state index contributed by atoms with van der Waals surface area (Å²) in [4.78, 5) is 9.91. The number of nitrogens with one attached hydrogen (secondary N) is 1. The third kappa shape index (κ3) is 4.38. The van der Waals surface area contributed by atoms with Crippen LogP contribution in [0.1, 0.15) is 31.2 Å². The predicted molar refractivity (Wildman–Crippen MR) is 79.8 cm³/mol. The fourth-order valence-electron chi connectivity index (χ4n) is 2.81. The normalized spacial score (nSPS) is 22.2. The van der Waals surface area contributed by atoms with Crippen LogP contribution in [-0.4, -0.2) is 25.5 Å². The number of hydrogen-bond donors (Lipinski definition) is 3. The van der Waals surface area contributed by atoms with Crippen molar-refractivity contribution in [2.24, 2.45) is 11.1 Å². The summed E-state index contributed by atoms with van der Waals surface area (Å²) in [5.41, 5.74) is -1.21. The highest BCUT2D eigenvalue weighted by atomic mass is 32.2. The van der Waals surface area contributed by atoms with E-state index in [-0.39, 0.29) is 11.7 Å². The lowest BCUT2D eigenvalue weighted by Crippen LogP contribution is -2.29. The molecule has 1 fully saturated rings. The van der Waals surface area contributed by atoms with Crippen molar-refractivity contribution in [3.63, 3.8) is 0 Å². The monoisotopic (exact) mass is 366 g/mol. The Bertz CT molecular complexity index is 726. The van der Waals surface area contributed by atoms with E-state index in [4.69, 9.17) is 10.2 Å². The molecule has 1 saturated carbocycles. The molecule has 0 heterocycles. The highest BCUT2D eigenvalue weighted by Crippen LogP contribution is 2.36. The van der Waals surface area contributed by atoms with Gasteiger partial charge in [-0.15, -0.1) is 0 Å². The van der Waals surface area contributed by atoms with E-state index in [9.17, 15) is 26.4 Å². The van der Waals surface area contributed by atoms with Crippen LogP contribution in [0.2, 0.25) is 0 Å². The van der Waals surface area contributed by atoms with Crippen molar-refractivity contribution < 1.29 is 31.5 Å². The van der Waals surface area contributed by atoms with Crippen LogP contribution in [-0.2, 0) is 21.0 Å². The summed E-state index contributed by atoms with van der Waals surface area (Å²) in [7, 11) is -4.50. The zero-order chi connectivity index (χ0) is 18.1. The fourth-order valence-corrected chi connectivity index (χ4v) is 3.55. The van der Waals surface area contributed by atoms with Crippen LogP contribution < -0.4 is 10.5 Å². The van der Waals surface area contributed by atoms with Crippen LogP contribution in [0.3, 0.4) is 0 Å². The second kappa shape index (κ2) is 6.60. The van der Waals surface area contributed by atoms with Gasteiger partial charge in [-0.05, 0) is 43.9 Å². The number of alkyl halides is 3. The molecule has 6 nitrogen and oxygen atoms in total. The molecule has 1 aromatic rings. The van der Waals surface area contributed by atoms with Crippen LogP contribution in [0.25, 0.3) is 0 Å². The fraction of sp³-hybridized carbons (Fsp3) is 0.500. The number of rotatable bonds is 4. The summed E-state index contributed by atoms with van der Waals surface area (Å²) in [6, 6.07) is 2.59. The number of carbonyl (C=O) groups is 1. The molecule has 10 heteroatoms. The Balaban J connectivity index is 2.20.